The maximum Gasteiger partial charge on any atom is 0.303 e. The lowest BCUT2D eigenvalue weighted by Crippen LogP contribution is -2.50. The normalized spacial score (nSPS) is 44.2. The lowest BCUT2D eigenvalue weighted by Gasteiger charge is -2.46. The van der Waals surface area contributed by atoms with Gasteiger partial charge in [0.1, 0.15) is 5.67 Å². The lowest BCUT2D eigenvalue weighted by atomic mass is 9.66. The fraction of sp³-hybridized carbons (Fsp3) is 0.909. The van der Waals surface area contributed by atoms with Crippen LogP contribution in [-0.4, -0.2) is 36.7 Å². The standard InChI is InChI=1S/C11H17FO4S/c1-11(12)3-7-5-17(15,16)6-8(4-11)9(7)2-10(13)14/h7-9H,2-6H2,1H3,(H,13,14). The van der Waals surface area contributed by atoms with Crippen LogP contribution in [0.25, 0.3) is 0 Å². The summed E-state index contributed by atoms with van der Waals surface area (Å²) in [4.78, 5) is 10.8. The molecule has 0 aromatic carbocycles. The summed E-state index contributed by atoms with van der Waals surface area (Å²) < 4.78 is 37.3. The molecule has 1 aliphatic carbocycles. The Hall–Kier alpha value is -0.650. The molecule has 1 saturated heterocycles. The first-order valence-electron chi connectivity index (χ1n) is 5.80. The molecule has 2 rings (SSSR count). The number of aliphatic carboxylic acids is 1. The molecule has 2 atom stereocenters. The first-order chi connectivity index (χ1) is 7.69. The van der Waals surface area contributed by atoms with E-state index in [0.717, 1.165) is 0 Å². The van der Waals surface area contributed by atoms with E-state index in [2.05, 4.69) is 0 Å². The molecule has 0 aromatic heterocycles. The number of hydrogen-bond donors (Lipinski definition) is 1. The van der Waals surface area contributed by atoms with Gasteiger partial charge < -0.3 is 5.11 Å². The van der Waals surface area contributed by atoms with E-state index in [-0.39, 0.29) is 48.5 Å². The highest BCUT2D eigenvalue weighted by atomic mass is 32.2. The van der Waals surface area contributed by atoms with E-state index in [9.17, 15) is 17.6 Å². The highest BCUT2D eigenvalue weighted by molar-refractivity contribution is 7.91. The van der Waals surface area contributed by atoms with Crippen molar-refractivity contribution in [2.45, 2.75) is 31.9 Å². The molecule has 6 heteroatoms. The summed E-state index contributed by atoms with van der Waals surface area (Å²) in [5.74, 6) is -1.88. The molecule has 0 radical (unpaired) electrons. The largest absolute Gasteiger partial charge is 0.481 e. The summed E-state index contributed by atoms with van der Waals surface area (Å²) in [6, 6.07) is 0. The Morgan fingerprint density at radius 2 is 1.82 bits per heavy atom. The van der Waals surface area contributed by atoms with Gasteiger partial charge in [0.15, 0.2) is 9.84 Å². The third-order valence-electron chi connectivity index (χ3n) is 3.93. The maximum absolute atomic E-state index is 14.0. The van der Waals surface area contributed by atoms with Crippen molar-refractivity contribution in [2.24, 2.45) is 17.8 Å². The van der Waals surface area contributed by atoms with Gasteiger partial charge in [-0.15, -0.1) is 0 Å². The molecule has 2 bridgehead atoms. The topological polar surface area (TPSA) is 71.4 Å². The molecule has 1 aliphatic heterocycles. The number of carboxylic acid groups (broad SMARTS) is 1. The van der Waals surface area contributed by atoms with E-state index in [4.69, 9.17) is 5.11 Å². The van der Waals surface area contributed by atoms with Crippen LogP contribution in [0.2, 0.25) is 0 Å². The second kappa shape index (κ2) is 3.93. The maximum atomic E-state index is 14.0. The fourth-order valence-corrected chi connectivity index (χ4v) is 5.66. The number of hydrogen-bond acceptors (Lipinski definition) is 3. The van der Waals surface area contributed by atoms with E-state index >= 15 is 0 Å². The highest BCUT2D eigenvalue weighted by Gasteiger charge is 2.50. The Balaban J connectivity index is 2.25. The monoisotopic (exact) mass is 264 g/mol. The van der Waals surface area contributed by atoms with Crippen LogP contribution in [0, 0.1) is 17.8 Å². The Bertz CT molecular complexity index is 405. The third kappa shape index (κ3) is 2.78. The van der Waals surface area contributed by atoms with Crippen molar-refractivity contribution in [1.29, 1.82) is 0 Å². The molecule has 1 N–H and O–H groups in total. The molecule has 98 valence electrons. The van der Waals surface area contributed by atoms with Gasteiger partial charge in [-0.05, 0) is 37.5 Å². The van der Waals surface area contributed by atoms with Crippen molar-refractivity contribution in [3.05, 3.63) is 0 Å². The molecular formula is C11H17FO4S. The highest BCUT2D eigenvalue weighted by Crippen LogP contribution is 2.47. The number of sulfone groups is 1. The Morgan fingerprint density at radius 1 is 1.35 bits per heavy atom. The fourth-order valence-electron chi connectivity index (χ4n) is 3.48. The van der Waals surface area contributed by atoms with Gasteiger partial charge in [0, 0.05) is 6.42 Å². The van der Waals surface area contributed by atoms with E-state index in [0.29, 0.717) is 0 Å². The van der Waals surface area contributed by atoms with Crippen molar-refractivity contribution >= 4 is 15.8 Å². The van der Waals surface area contributed by atoms with Crippen LogP contribution in [0.5, 0.6) is 0 Å². The van der Waals surface area contributed by atoms with Crippen molar-refractivity contribution < 1.29 is 22.7 Å². The van der Waals surface area contributed by atoms with Gasteiger partial charge in [0.2, 0.25) is 0 Å². The molecule has 17 heavy (non-hydrogen) atoms. The summed E-state index contributed by atoms with van der Waals surface area (Å²) in [5.41, 5.74) is -1.35. The number of halogens is 1. The van der Waals surface area contributed by atoms with Gasteiger partial charge >= 0.3 is 5.97 Å². The number of carboxylic acids is 1. The van der Waals surface area contributed by atoms with Crippen LogP contribution in [0.3, 0.4) is 0 Å². The molecule has 0 aromatic rings. The quantitative estimate of drug-likeness (QED) is 0.815. The second-order valence-electron chi connectivity index (χ2n) is 5.68. The molecular weight excluding hydrogens is 247 g/mol. The Kier molecular flexibility index (Phi) is 2.96. The third-order valence-corrected chi connectivity index (χ3v) is 5.80. The Morgan fingerprint density at radius 3 is 2.24 bits per heavy atom. The van der Waals surface area contributed by atoms with Crippen molar-refractivity contribution in [3.63, 3.8) is 0 Å². The van der Waals surface area contributed by atoms with Crippen molar-refractivity contribution in [3.8, 4) is 0 Å². The second-order valence-corrected chi connectivity index (χ2v) is 7.83. The Labute approximate surface area is 100 Å². The zero-order chi connectivity index (χ0) is 12.8. The summed E-state index contributed by atoms with van der Waals surface area (Å²) in [7, 11) is -3.12. The molecule has 2 aliphatic rings. The van der Waals surface area contributed by atoms with E-state index in [1.165, 1.54) is 6.92 Å². The van der Waals surface area contributed by atoms with Crippen molar-refractivity contribution in [2.75, 3.05) is 11.5 Å². The van der Waals surface area contributed by atoms with Crippen LogP contribution in [0.4, 0.5) is 4.39 Å². The smallest absolute Gasteiger partial charge is 0.303 e. The molecule has 0 amide bonds. The van der Waals surface area contributed by atoms with Gasteiger partial charge in [0.05, 0.1) is 11.5 Å². The lowest BCUT2D eigenvalue weighted by molar-refractivity contribution is -0.140. The molecule has 2 fully saturated rings. The molecule has 1 saturated carbocycles. The summed E-state index contributed by atoms with van der Waals surface area (Å²) >= 11 is 0. The summed E-state index contributed by atoms with van der Waals surface area (Å²) in [6.45, 7) is 1.49. The van der Waals surface area contributed by atoms with Crippen LogP contribution >= 0.6 is 0 Å². The first-order valence-corrected chi connectivity index (χ1v) is 7.62. The van der Waals surface area contributed by atoms with Gasteiger partial charge in [-0.25, -0.2) is 12.8 Å². The first kappa shape index (κ1) is 12.8. The van der Waals surface area contributed by atoms with Crippen LogP contribution in [0.1, 0.15) is 26.2 Å². The van der Waals surface area contributed by atoms with Gasteiger partial charge in [-0.1, -0.05) is 0 Å². The van der Waals surface area contributed by atoms with Crippen LogP contribution < -0.4 is 0 Å². The van der Waals surface area contributed by atoms with Gasteiger partial charge in [-0.2, -0.15) is 0 Å². The van der Waals surface area contributed by atoms with Gasteiger partial charge in [-0.3, -0.25) is 4.79 Å². The average molecular weight is 264 g/mol. The minimum Gasteiger partial charge on any atom is -0.481 e. The average Bonchev–Trinajstić information content (AvgIpc) is 2.05. The van der Waals surface area contributed by atoms with Crippen molar-refractivity contribution in [1.82, 2.24) is 0 Å². The number of alkyl halides is 1. The molecule has 4 nitrogen and oxygen atoms in total. The molecule has 1 heterocycles. The van der Waals surface area contributed by atoms with E-state index in [1.807, 2.05) is 0 Å². The number of carbonyl (C=O) groups is 1. The summed E-state index contributed by atoms with van der Waals surface area (Å²) in [5, 5.41) is 8.84. The zero-order valence-electron chi connectivity index (χ0n) is 9.73. The predicted molar refractivity (Wildman–Crippen MR) is 60.1 cm³/mol. The van der Waals surface area contributed by atoms with E-state index < -0.39 is 21.5 Å². The van der Waals surface area contributed by atoms with Crippen LogP contribution in [-0.2, 0) is 14.6 Å². The summed E-state index contributed by atoms with van der Waals surface area (Å²) in [6.07, 6.45) is 0.294. The molecule has 2 unspecified atom stereocenters. The predicted octanol–water partition coefficient (Wildman–Crippen LogP) is 1.26. The van der Waals surface area contributed by atoms with Gasteiger partial charge in [0.25, 0.3) is 0 Å². The van der Waals surface area contributed by atoms with Crippen LogP contribution in [0.15, 0.2) is 0 Å². The SMILES string of the molecule is CC1(F)CC2CS(=O)(=O)CC(C1)C2CC(=O)O. The molecule has 0 spiro atoms. The minimum absolute atomic E-state index is 0.0407. The number of rotatable bonds is 2. The van der Waals surface area contributed by atoms with E-state index in [1.54, 1.807) is 0 Å². The zero-order valence-corrected chi connectivity index (χ0v) is 10.5. The minimum atomic E-state index is -3.12. The number of fused-ring (bicyclic) bond motifs is 2.